The summed E-state index contributed by atoms with van der Waals surface area (Å²) in [5, 5.41) is 10.1. The Balaban J connectivity index is 0.00000338. The van der Waals surface area contributed by atoms with Crippen LogP contribution in [0.2, 0.25) is 0 Å². The second-order valence-corrected chi connectivity index (χ2v) is 5.51. The zero-order chi connectivity index (χ0) is 18.2. The summed E-state index contributed by atoms with van der Waals surface area (Å²) in [6, 6.07) is 5.13. The molecule has 0 saturated carbocycles. The molecule has 0 aliphatic carbocycles. The van der Waals surface area contributed by atoms with Crippen LogP contribution in [-0.4, -0.2) is 29.8 Å². The van der Waals surface area contributed by atoms with Crippen molar-refractivity contribution in [3.8, 4) is 0 Å². The van der Waals surface area contributed by atoms with Gasteiger partial charge in [0.1, 0.15) is 11.9 Å². The Labute approximate surface area is 169 Å². The number of rotatable bonds is 7. The molecular weight excluding hydrogens is 452 g/mol. The van der Waals surface area contributed by atoms with E-state index in [1.807, 2.05) is 19.9 Å². The summed E-state index contributed by atoms with van der Waals surface area (Å²) in [5.74, 6) is 1.28. The number of aromatic nitrogens is 2. The number of aliphatic imine (C=N–C) groups is 1. The van der Waals surface area contributed by atoms with Crippen LogP contribution in [0.15, 0.2) is 27.7 Å². The molecule has 0 bridgehead atoms. The Morgan fingerprint density at radius 1 is 1.35 bits per heavy atom. The topological polar surface area (TPSA) is 84.6 Å². The third kappa shape index (κ3) is 6.52. The molecule has 1 heterocycles. The molecule has 1 unspecified atom stereocenters. The molecule has 26 heavy (non-hydrogen) atoms. The lowest BCUT2D eigenvalue weighted by atomic mass is 10.1. The van der Waals surface area contributed by atoms with E-state index in [0.717, 1.165) is 5.56 Å². The Morgan fingerprint density at radius 3 is 2.73 bits per heavy atom. The molecule has 0 saturated heterocycles. The smallest absolute Gasteiger partial charge is 0.246 e. The summed E-state index contributed by atoms with van der Waals surface area (Å²) >= 11 is 0. The molecular formula is C17H25FIN5O2. The van der Waals surface area contributed by atoms with Crippen molar-refractivity contribution in [1.82, 2.24) is 20.8 Å². The maximum absolute atomic E-state index is 13.6. The van der Waals surface area contributed by atoms with E-state index in [4.69, 9.17) is 9.26 Å². The number of nitrogens with one attached hydrogen (secondary N) is 2. The molecule has 0 aliphatic rings. The second kappa shape index (κ2) is 11.1. The Hall–Kier alpha value is -1.75. The van der Waals surface area contributed by atoms with E-state index in [0.29, 0.717) is 42.9 Å². The van der Waals surface area contributed by atoms with Gasteiger partial charge in [0.25, 0.3) is 0 Å². The average Bonchev–Trinajstić information content (AvgIpc) is 3.07. The fraction of sp³-hybridized carbons (Fsp3) is 0.471. The van der Waals surface area contributed by atoms with Crippen molar-refractivity contribution in [3.63, 3.8) is 0 Å². The van der Waals surface area contributed by atoms with Crippen molar-refractivity contribution < 1.29 is 13.7 Å². The number of halogens is 2. The summed E-state index contributed by atoms with van der Waals surface area (Å²) in [7, 11) is 1.65. The number of nitrogens with zero attached hydrogens (tertiary/aromatic N) is 3. The first-order valence-corrected chi connectivity index (χ1v) is 8.17. The molecule has 2 N–H and O–H groups in total. The normalized spacial score (nSPS) is 12.4. The van der Waals surface area contributed by atoms with E-state index in [2.05, 4.69) is 25.8 Å². The van der Waals surface area contributed by atoms with Gasteiger partial charge in [-0.1, -0.05) is 17.3 Å². The van der Waals surface area contributed by atoms with Crippen LogP contribution in [0.5, 0.6) is 0 Å². The van der Waals surface area contributed by atoms with Gasteiger partial charge in [0.2, 0.25) is 5.89 Å². The first kappa shape index (κ1) is 22.3. The zero-order valence-corrected chi connectivity index (χ0v) is 17.7. The number of ether oxygens (including phenoxy) is 1. The molecule has 2 aromatic rings. The summed E-state index contributed by atoms with van der Waals surface area (Å²) in [4.78, 5) is 8.39. The highest BCUT2D eigenvalue weighted by Crippen LogP contribution is 2.12. The average molecular weight is 477 g/mol. The standard InChI is InChI=1S/C17H24FN5O2.HI/c1-5-24-12(3)16-22-15(25-23-16)10-21-17(19-4)20-9-13-7-6-11(2)14(18)8-13;/h6-8,12H,5,9-10H2,1-4H3,(H2,19,20,21);1H. The van der Waals surface area contributed by atoms with Crippen LogP contribution in [0.4, 0.5) is 4.39 Å². The maximum atomic E-state index is 13.6. The lowest BCUT2D eigenvalue weighted by Crippen LogP contribution is -2.36. The molecule has 2 rings (SSSR count). The van der Waals surface area contributed by atoms with Crippen LogP contribution >= 0.6 is 24.0 Å². The van der Waals surface area contributed by atoms with Crippen LogP contribution in [0.25, 0.3) is 0 Å². The predicted octanol–water partition coefficient (Wildman–Crippen LogP) is 3.10. The number of aryl methyl sites for hydroxylation is 1. The van der Waals surface area contributed by atoms with Gasteiger partial charge in [-0.2, -0.15) is 4.98 Å². The Morgan fingerprint density at radius 2 is 2.08 bits per heavy atom. The molecule has 144 valence electrons. The molecule has 0 aliphatic heterocycles. The van der Waals surface area contributed by atoms with Crippen LogP contribution in [0.1, 0.15) is 42.8 Å². The highest BCUT2D eigenvalue weighted by atomic mass is 127. The predicted molar refractivity (Wildman–Crippen MR) is 108 cm³/mol. The van der Waals surface area contributed by atoms with Crippen molar-refractivity contribution in [2.45, 2.75) is 40.0 Å². The molecule has 1 aromatic heterocycles. The van der Waals surface area contributed by atoms with Gasteiger partial charge in [-0.25, -0.2) is 4.39 Å². The van der Waals surface area contributed by atoms with Crippen molar-refractivity contribution in [2.24, 2.45) is 4.99 Å². The van der Waals surface area contributed by atoms with Crippen LogP contribution in [0, 0.1) is 12.7 Å². The largest absolute Gasteiger partial charge is 0.371 e. The van der Waals surface area contributed by atoms with E-state index in [9.17, 15) is 4.39 Å². The fourth-order valence-electron chi connectivity index (χ4n) is 2.14. The van der Waals surface area contributed by atoms with Gasteiger partial charge in [0.15, 0.2) is 11.8 Å². The fourth-order valence-corrected chi connectivity index (χ4v) is 2.14. The van der Waals surface area contributed by atoms with Crippen LogP contribution in [-0.2, 0) is 17.8 Å². The molecule has 0 radical (unpaired) electrons. The molecule has 1 atom stereocenters. The number of benzene rings is 1. The van der Waals surface area contributed by atoms with Gasteiger partial charge < -0.3 is 19.9 Å². The number of hydrogen-bond donors (Lipinski definition) is 2. The summed E-state index contributed by atoms with van der Waals surface area (Å²) in [5.41, 5.74) is 1.46. The molecule has 0 fully saturated rings. The molecule has 0 spiro atoms. The lowest BCUT2D eigenvalue weighted by molar-refractivity contribution is 0.0683. The second-order valence-electron chi connectivity index (χ2n) is 5.51. The van der Waals surface area contributed by atoms with Gasteiger partial charge in [-0.15, -0.1) is 24.0 Å². The van der Waals surface area contributed by atoms with E-state index < -0.39 is 0 Å². The minimum Gasteiger partial charge on any atom is -0.371 e. The van der Waals surface area contributed by atoms with E-state index in [1.54, 1.807) is 20.0 Å². The maximum Gasteiger partial charge on any atom is 0.246 e. The van der Waals surface area contributed by atoms with Crippen molar-refractivity contribution in [1.29, 1.82) is 0 Å². The van der Waals surface area contributed by atoms with Gasteiger partial charge in [0.05, 0.1) is 6.54 Å². The van der Waals surface area contributed by atoms with Crippen LogP contribution < -0.4 is 10.6 Å². The molecule has 0 amide bonds. The van der Waals surface area contributed by atoms with Crippen LogP contribution in [0.3, 0.4) is 0 Å². The van der Waals surface area contributed by atoms with Gasteiger partial charge in [-0.3, -0.25) is 4.99 Å². The van der Waals surface area contributed by atoms with Gasteiger partial charge in [-0.05, 0) is 38.0 Å². The minimum absolute atomic E-state index is 0. The number of hydrogen-bond acceptors (Lipinski definition) is 5. The third-order valence-electron chi connectivity index (χ3n) is 3.59. The van der Waals surface area contributed by atoms with Crippen molar-refractivity contribution in [3.05, 3.63) is 46.9 Å². The lowest BCUT2D eigenvalue weighted by Gasteiger charge is -2.11. The first-order valence-electron chi connectivity index (χ1n) is 8.17. The SMILES string of the molecule is CCOC(C)c1noc(CNC(=NC)NCc2ccc(C)c(F)c2)n1.I. The first-order chi connectivity index (χ1) is 12.0. The summed E-state index contributed by atoms with van der Waals surface area (Å²) < 4.78 is 24.2. The Kier molecular flexibility index (Phi) is 9.49. The Bertz CT molecular complexity index is 723. The molecule has 9 heteroatoms. The molecule has 1 aromatic carbocycles. The minimum atomic E-state index is -0.218. The van der Waals surface area contributed by atoms with Crippen molar-refractivity contribution >= 4 is 29.9 Å². The monoisotopic (exact) mass is 477 g/mol. The summed E-state index contributed by atoms with van der Waals surface area (Å²) in [6.45, 7) is 6.88. The molecule has 7 nitrogen and oxygen atoms in total. The van der Waals surface area contributed by atoms with E-state index in [-0.39, 0.29) is 35.9 Å². The van der Waals surface area contributed by atoms with Gasteiger partial charge >= 0.3 is 0 Å². The third-order valence-corrected chi connectivity index (χ3v) is 3.59. The van der Waals surface area contributed by atoms with E-state index in [1.165, 1.54) is 6.07 Å². The quantitative estimate of drug-likeness (QED) is 0.362. The van der Waals surface area contributed by atoms with E-state index >= 15 is 0 Å². The van der Waals surface area contributed by atoms with Crippen molar-refractivity contribution in [2.75, 3.05) is 13.7 Å². The number of guanidine groups is 1. The zero-order valence-electron chi connectivity index (χ0n) is 15.4. The van der Waals surface area contributed by atoms with Gasteiger partial charge in [0, 0.05) is 20.2 Å². The summed E-state index contributed by atoms with van der Waals surface area (Å²) in [6.07, 6.45) is -0.212. The highest BCUT2D eigenvalue weighted by Gasteiger charge is 2.13. The highest BCUT2D eigenvalue weighted by molar-refractivity contribution is 14.0.